The van der Waals surface area contributed by atoms with E-state index in [2.05, 4.69) is 5.32 Å². The van der Waals surface area contributed by atoms with E-state index in [4.69, 9.17) is 19.9 Å². The van der Waals surface area contributed by atoms with Crippen LogP contribution in [0.3, 0.4) is 0 Å². The fourth-order valence-corrected chi connectivity index (χ4v) is 6.49. The van der Waals surface area contributed by atoms with Gasteiger partial charge in [0.15, 0.2) is 0 Å². The Morgan fingerprint density at radius 3 is 2.75 bits per heavy atom. The Balaban J connectivity index is 1.58. The first-order valence-electron chi connectivity index (χ1n) is 12.4. The summed E-state index contributed by atoms with van der Waals surface area (Å²) in [6.07, 6.45) is 8.84. The van der Waals surface area contributed by atoms with Gasteiger partial charge in [-0.15, -0.1) is 0 Å². The van der Waals surface area contributed by atoms with Crippen LogP contribution in [0.5, 0.6) is 0 Å². The number of piperidine rings is 1. The summed E-state index contributed by atoms with van der Waals surface area (Å²) in [6.45, 7) is 8.67. The van der Waals surface area contributed by atoms with Crippen molar-refractivity contribution in [3.05, 3.63) is 11.6 Å². The first-order valence-corrected chi connectivity index (χ1v) is 12.4. The van der Waals surface area contributed by atoms with Crippen LogP contribution in [0.15, 0.2) is 11.6 Å². The fourth-order valence-electron chi connectivity index (χ4n) is 6.49. The average molecular weight is 450 g/mol. The minimum absolute atomic E-state index is 0.0340. The number of rotatable bonds is 5. The molecule has 0 aromatic heterocycles. The molecule has 7 atom stereocenters. The summed E-state index contributed by atoms with van der Waals surface area (Å²) >= 11 is 0. The normalized spacial score (nSPS) is 40.3. The number of carbonyl (C=O) groups excluding carboxylic acids is 2. The number of nitrogens with two attached hydrogens (primary N) is 2. The zero-order valence-corrected chi connectivity index (χ0v) is 20.1. The van der Waals surface area contributed by atoms with E-state index in [0.29, 0.717) is 29.7 Å². The van der Waals surface area contributed by atoms with Gasteiger partial charge in [-0.3, -0.25) is 10.5 Å². The highest BCUT2D eigenvalue weighted by molar-refractivity contribution is 5.88. The molecule has 3 heterocycles. The largest absolute Gasteiger partial charge is 0.462 e. The predicted molar refractivity (Wildman–Crippen MR) is 119 cm³/mol. The zero-order valence-electron chi connectivity index (χ0n) is 20.1. The molecule has 0 aromatic rings. The third-order valence-electron chi connectivity index (χ3n) is 8.56. The van der Waals surface area contributed by atoms with E-state index < -0.39 is 11.2 Å². The molecule has 4 aliphatic rings. The molecule has 4 rings (SSSR count). The topological polar surface area (TPSA) is 104 Å². The Hall–Kier alpha value is -1.44. The van der Waals surface area contributed by atoms with E-state index in [0.717, 1.165) is 51.5 Å². The van der Waals surface area contributed by atoms with Gasteiger partial charge in [0, 0.05) is 24.8 Å². The van der Waals surface area contributed by atoms with Crippen LogP contribution in [-0.4, -0.2) is 48.1 Å². The molecule has 4 N–H and O–H groups in total. The number of hydrogen-bond acceptors (Lipinski definition) is 6. The van der Waals surface area contributed by atoms with Crippen molar-refractivity contribution in [3.8, 4) is 0 Å². The molecule has 7 nitrogen and oxygen atoms in total. The zero-order chi connectivity index (χ0) is 23.1. The SMILES string of the molecule is CC=C(C)C(=O)OC(C)(C)C1(CC2CC[NH2+]C(N)C2)CC2CC3CCC(=O)OC3CC2O1. The van der Waals surface area contributed by atoms with Crippen LogP contribution in [0.4, 0.5) is 0 Å². The maximum atomic E-state index is 12.8. The van der Waals surface area contributed by atoms with Gasteiger partial charge in [0.05, 0.1) is 12.6 Å². The quantitative estimate of drug-likeness (QED) is 0.492. The lowest BCUT2D eigenvalue weighted by Crippen LogP contribution is -2.94. The van der Waals surface area contributed by atoms with E-state index in [1.807, 2.05) is 20.8 Å². The number of quaternary nitrogens is 1. The molecule has 32 heavy (non-hydrogen) atoms. The molecule has 3 saturated heterocycles. The molecule has 0 spiro atoms. The molecule has 0 amide bonds. The Morgan fingerprint density at radius 1 is 1.25 bits per heavy atom. The van der Waals surface area contributed by atoms with Gasteiger partial charge in [-0.1, -0.05) is 6.08 Å². The monoisotopic (exact) mass is 449 g/mol. The molecule has 7 heteroatoms. The van der Waals surface area contributed by atoms with Crippen molar-refractivity contribution in [1.29, 1.82) is 0 Å². The first-order chi connectivity index (χ1) is 15.1. The van der Waals surface area contributed by atoms with Crippen LogP contribution in [0.25, 0.3) is 0 Å². The Kier molecular flexibility index (Phi) is 6.72. The van der Waals surface area contributed by atoms with Crippen molar-refractivity contribution < 1.29 is 29.1 Å². The van der Waals surface area contributed by atoms with E-state index in [-0.39, 0.29) is 30.3 Å². The minimum Gasteiger partial charge on any atom is -0.462 e. The summed E-state index contributed by atoms with van der Waals surface area (Å²) in [5.41, 5.74) is 5.53. The fraction of sp³-hybridized carbons (Fsp3) is 0.840. The Labute approximate surface area is 191 Å². The second-order valence-corrected chi connectivity index (χ2v) is 11.1. The maximum absolute atomic E-state index is 12.8. The third kappa shape index (κ3) is 4.62. The molecule has 4 fully saturated rings. The van der Waals surface area contributed by atoms with Gasteiger partial charge in [0.1, 0.15) is 23.5 Å². The average Bonchev–Trinajstić information content (AvgIpc) is 3.09. The van der Waals surface area contributed by atoms with Crippen molar-refractivity contribution in [3.63, 3.8) is 0 Å². The second-order valence-electron chi connectivity index (χ2n) is 11.1. The third-order valence-corrected chi connectivity index (χ3v) is 8.56. The van der Waals surface area contributed by atoms with Gasteiger partial charge >= 0.3 is 11.9 Å². The van der Waals surface area contributed by atoms with E-state index in [1.165, 1.54) is 0 Å². The summed E-state index contributed by atoms with van der Waals surface area (Å²) in [5, 5.41) is 2.21. The lowest BCUT2D eigenvalue weighted by atomic mass is 9.69. The lowest BCUT2D eigenvalue weighted by molar-refractivity contribution is -0.699. The van der Waals surface area contributed by atoms with Gasteiger partial charge in [-0.25, -0.2) is 4.79 Å². The molecule has 7 unspecified atom stereocenters. The molecular weight excluding hydrogens is 408 g/mol. The number of hydrogen-bond donors (Lipinski definition) is 2. The number of carbonyl (C=O) groups is 2. The predicted octanol–water partition coefficient (Wildman–Crippen LogP) is 2.18. The van der Waals surface area contributed by atoms with Crippen molar-refractivity contribution in [2.24, 2.45) is 23.5 Å². The number of esters is 2. The lowest BCUT2D eigenvalue weighted by Gasteiger charge is -2.45. The Bertz CT molecular complexity index is 765. The van der Waals surface area contributed by atoms with Gasteiger partial charge in [0.2, 0.25) is 0 Å². The summed E-state index contributed by atoms with van der Waals surface area (Å²) in [4.78, 5) is 24.6. The number of fused-ring (bicyclic) bond motifs is 2. The van der Waals surface area contributed by atoms with Crippen molar-refractivity contribution in [2.75, 3.05) is 6.54 Å². The highest BCUT2D eigenvalue weighted by Crippen LogP contribution is 2.54. The molecule has 1 aliphatic carbocycles. The standard InChI is InChI=1S/C25H40N2O5/c1-5-15(2)23(29)32-24(3,4)25(13-16-8-9-27-21(26)10-16)14-18-11-17-6-7-22(28)30-19(17)12-20(18)31-25/h5,16-21,27H,6-14,26H2,1-4H3/p+1. The Morgan fingerprint density at radius 2 is 2.03 bits per heavy atom. The van der Waals surface area contributed by atoms with Crippen LogP contribution >= 0.6 is 0 Å². The van der Waals surface area contributed by atoms with Crippen molar-refractivity contribution in [1.82, 2.24) is 0 Å². The molecule has 0 radical (unpaired) electrons. The molecule has 0 bridgehead atoms. The molecule has 0 aromatic carbocycles. The second kappa shape index (κ2) is 9.07. The van der Waals surface area contributed by atoms with Crippen LogP contribution in [0.1, 0.15) is 79.1 Å². The van der Waals surface area contributed by atoms with Crippen LogP contribution in [-0.2, 0) is 23.8 Å². The molecule has 3 aliphatic heterocycles. The van der Waals surface area contributed by atoms with Gasteiger partial charge in [0.25, 0.3) is 0 Å². The summed E-state index contributed by atoms with van der Waals surface area (Å²) in [6, 6.07) is 0. The first kappa shape index (κ1) is 23.7. The summed E-state index contributed by atoms with van der Waals surface area (Å²) in [5.74, 6) is 0.889. The van der Waals surface area contributed by atoms with Crippen LogP contribution < -0.4 is 11.1 Å². The van der Waals surface area contributed by atoms with Crippen molar-refractivity contribution >= 4 is 11.9 Å². The van der Waals surface area contributed by atoms with E-state index in [9.17, 15) is 9.59 Å². The molecule has 1 saturated carbocycles. The molecular formula is C25H41N2O5+. The van der Waals surface area contributed by atoms with E-state index >= 15 is 0 Å². The van der Waals surface area contributed by atoms with Gasteiger partial charge in [-0.05, 0) is 77.6 Å². The summed E-state index contributed by atoms with van der Waals surface area (Å²) in [7, 11) is 0. The minimum atomic E-state index is -0.779. The van der Waals surface area contributed by atoms with Gasteiger partial charge < -0.3 is 19.5 Å². The van der Waals surface area contributed by atoms with E-state index in [1.54, 1.807) is 13.0 Å². The van der Waals surface area contributed by atoms with Crippen molar-refractivity contribution in [2.45, 2.75) is 109 Å². The smallest absolute Gasteiger partial charge is 0.334 e. The number of allylic oxidation sites excluding steroid dienone is 1. The highest BCUT2D eigenvalue weighted by atomic mass is 16.6. The van der Waals surface area contributed by atoms with Crippen LogP contribution in [0, 0.1) is 17.8 Å². The van der Waals surface area contributed by atoms with Crippen LogP contribution in [0.2, 0.25) is 0 Å². The van der Waals surface area contributed by atoms with Gasteiger partial charge in [-0.2, -0.15) is 0 Å². The maximum Gasteiger partial charge on any atom is 0.334 e. The summed E-state index contributed by atoms with van der Waals surface area (Å²) < 4.78 is 18.7. The molecule has 180 valence electrons. The number of ether oxygens (including phenoxy) is 3. The highest BCUT2D eigenvalue weighted by Gasteiger charge is 2.60.